The summed E-state index contributed by atoms with van der Waals surface area (Å²) in [4.78, 5) is 45.2. The molecule has 32 heavy (non-hydrogen) atoms. The van der Waals surface area contributed by atoms with Gasteiger partial charge in [0.25, 0.3) is 11.6 Å². The quantitative estimate of drug-likeness (QED) is 0.567. The number of amides is 2. The van der Waals surface area contributed by atoms with Gasteiger partial charge in [-0.25, -0.2) is 4.98 Å². The third-order valence-electron chi connectivity index (χ3n) is 6.09. The van der Waals surface area contributed by atoms with Crippen LogP contribution < -0.4 is 10.2 Å². The second kappa shape index (κ2) is 9.33. The zero-order valence-corrected chi connectivity index (χ0v) is 18.1. The van der Waals surface area contributed by atoms with Crippen molar-refractivity contribution < 1.29 is 14.5 Å². The number of aromatic nitrogens is 1. The topological polar surface area (TPSA) is 109 Å². The number of nitro groups is 1. The number of carbonyl (C=O) groups is 2. The van der Waals surface area contributed by atoms with Crippen LogP contribution in [0.25, 0.3) is 0 Å². The van der Waals surface area contributed by atoms with E-state index in [9.17, 15) is 19.7 Å². The molecule has 1 aromatic heterocycles. The SMILES string of the molecule is Cc1cccc(NC(=O)C2CCCN(C(=O)c3cc([N+](=O)[O-])ccc3N3CCCC3)C2)n1. The van der Waals surface area contributed by atoms with Gasteiger partial charge in [-0.15, -0.1) is 0 Å². The fraction of sp³-hybridized carbons (Fsp3) is 0.435. The first-order chi connectivity index (χ1) is 15.4. The number of rotatable bonds is 5. The number of carbonyl (C=O) groups excluding carboxylic acids is 2. The Bertz CT molecular complexity index is 1030. The van der Waals surface area contributed by atoms with Crippen molar-refractivity contribution in [3.05, 3.63) is 57.8 Å². The molecule has 1 atom stereocenters. The predicted octanol–water partition coefficient (Wildman–Crippen LogP) is 3.39. The number of likely N-dealkylation sites (tertiary alicyclic amines) is 1. The van der Waals surface area contributed by atoms with E-state index < -0.39 is 4.92 Å². The zero-order chi connectivity index (χ0) is 22.7. The number of nitrogens with zero attached hydrogens (tertiary/aromatic N) is 4. The van der Waals surface area contributed by atoms with Crippen LogP contribution in [0.15, 0.2) is 36.4 Å². The van der Waals surface area contributed by atoms with Gasteiger partial charge < -0.3 is 15.1 Å². The minimum Gasteiger partial charge on any atom is -0.371 e. The van der Waals surface area contributed by atoms with Crippen molar-refractivity contribution in [3.63, 3.8) is 0 Å². The number of benzene rings is 1. The average molecular weight is 438 g/mol. The Hall–Kier alpha value is -3.49. The largest absolute Gasteiger partial charge is 0.371 e. The van der Waals surface area contributed by atoms with Crippen molar-refractivity contribution in [1.82, 2.24) is 9.88 Å². The predicted molar refractivity (Wildman–Crippen MR) is 121 cm³/mol. The maximum absolute atomic E-state index is 13.5. The molecular weight excluding hydrogens is 410 g/mol. The molecule has 2 aliphatic rings. The lowest BCUT2D eigenvalue weighted by Gasteiger charge is -2.33. The van der Waals surface area contributed by atoms with Gasteiger partial charge in [-0.05, 0) is 50.8 Å². The van der Waals surface area contributed by atoms with Gasteiger partial charge in [0.2, 0.25) is 5.91 Å². The molecule has 4 rings (SSSR count). The number of hydrogen-bond acceptors (Lipinski definition) is 6. The molecule has 0 aliphatic carbocycles. The molecule has 1 N–H and O–H groups in total. The highest BCUT2D eigenvalue weighted by Gasteiger charge is 2.32. The highest BCUT2D eigenvalue weighted by Crippen LogP contribution is 2.30. The van der Waals surface area contributed by atoms with Crippen molar-refractivity contribution in [2.24, 2.45) is 5.92 Å². The van der Waals surface area contributed by atoms with E-state index in [1.165, 1.54) is 12.1 Å². The van der Waals surface area contributed by atoms with E-state index in [0.717, 1.165) is 37.3 Å². The van der Waals surface area contributed by atoms with Crippen LogP contribution in [0.3, 0.4) is 0 Å². The van der Waals surface area contributed by atoms with E-state index in [1.807, 2.05) is 19.1 Å². The monoisotopic (exact) mass is 437 g/mol. The van der Waals surface area contributed by atoms with Crippen molar-refractivity contribution in [3.8, 4) is 0 Å². The summed E-state index contributed by atoms with van der Waals surface area (Å²) in [6, 6.07) is 9.92. The molecule has 1 aromatic carbocycles. The first kappa shape index (κ1) is 21.7. The Kier molecular flexibility index (Phi) is 6.34. The van der Waals surface area contributed by atoms with Gasteiger partial charge in [0.05, 0.1) is 22.1 Å². The van der Waals surface area contributed by atoms with Gasteiger partial charge >= 0.3 is 0 Å². The molecule has 3 heterocycles. The number of aryl methyl sites for hydroxylation is 1. The molecule has 9 heteroatoms. The Morgan fingerprint density at radius 2 is 1.91 bits per heavy atom. The number of piperidine rings is 1. The standard InChI is InChI=1S/C23H27N5O4/c1-16-6-4-8-21(24-16)25-22(29)17-7-5-13-27(15-17)23(30)19-14-18(28(31)32)9-10-20(19)26-11-2-3-12-26/h4,6,8-10,14,17H,2-3,5,7,11-13,15H2,1H3,(H,24,25,29). The molecule has 0 radical (unpaired) electrons. The summed E-state index contributed by atoms with van der Waals surface area (Å²) in [5.74, 6) is -0.293. The summed E-state index contributed by atoms with van der Waals surface area (Å²) >= 11 is 0. The minimum absolute atomic E-state index is 0.104. The molecule has 2 aliphatic heterocycles. The van der Waals surface area contributed by atoms with Gasteiger partial charge in [-0.1, -0.05) is 6.07 Å². The van der Waals surface area contributed by atoms with E-state index in [-0.39, 0.29) is 30.0 Å². The number of pyridine rings is 1. The van der Waals surface area contributed by atoms with E-state index in [2.05, 4.69) is 15.2 Å². The number of nitrogens with one attached hydrogen (secondary N) is 1. The van der Waals surface area contributed by atoms with E-state index >= 15 is 0 Å². The van der Waals surface area contributed by atoms with Crippen LogP contribution in [0, 0.1) is 23.0 Å². The third-order valence-corrected chi connectivity index (χ3v) is 6.09. The van der Waals surface area contributed by atoms with Crippen LogP contribution in [-0.4, -0.2) is 52.8 Å². The van der Waals surface area contributed by atoms with Crippen LogP contribution in [0.4, 0.5) is 17.2 Å². The van der Waals surface area contributed by atoms with Gasteiger partial charge in [0.15, 0.2) is 0 Å². The highest BCUT2D eigenvalue weighted by atomic mass is 16.6. The first-order valence-electron chi connectivity index (χ1n) is 11.0. The first-order valence-corrected chi connectivity index (χ1v) is 11.0. The van der Waals surface area contributed by atoms with Gasteiger partial charge in [-0.3, -0.25) is 19.7 Å². The average Bonchev–Trinajstić information content (AvgIpc) is 3.33. The fourth-order valence-corrected chi connectivity index (χ4v) is 4.43. The summed E-state index contributed by atoms with van der Waals surface area (Å²) in [6.45, 7) is 4.30. The second-order valence-electron chi connectivity index (χ2n) is 8.40. The van der Waals surface area contributed by atoms with Gasteiger partial charge in [0.1, 0.15) is 5.82 Å². The Balaban J connectivity index is 1.53. The second-order valence-corrected chi connectivity index (χ2v) is 8.40. The maximum Gasteiger partial charge on any atom is 0.270 e. The molecule has 0 spiro atoms. The van der Waals surface area contributed by atoms with Crippen molar-refractivity contribution in [2.45, 2.75) is 32.6 Å². The minimum atomic E-state index is -0.480. The van der Waals surface area contributed by atoms with Crippen LogP contribution in [0.5, 0.6) is 0 Å². The molecule has 2 amide bonds. The summed E-state index contributed by atoms with van der Waals surface area (Å²) < 4.78 is 0. The Morgan fingerprint density at radius 1 is 1.12 bits per heavy atom. The van der Waals surface area contributed by atoms with Crippen molar-refractivity contribution in [1.29, 1.82) is 0 Å². The molecule has 1 unspecified atom stereocenters. The van der Waals surface area contributed by atoms with Crippen LogP contribution >= 0.6 is 0 Å². The third kappa shape index (κ3) is 4.71. The number of hydrogen-bond donors (Lipinski definition) is 1. The molecule has 2 aromatic rings. The van der Waals surface area contributed by atoms with Gasteiger partial charge in [0, 0.05) is 44.0 Å². The summed E-state index contributed by atoms with van der Waals surface area (Å²) in [5, 5.41) is 14.2. The van der Waals surface area contributed by atoms with Crippen LogP contribution in [-0.2, 0) is 4.79 Å². The molecule has 0 saturated carbocycles. The fourth-order valence-electron chi connectivity index (χ4n) is 4.43. The number of non-ortho nitro benzene ring substituents is 1. The molecule has 168 valence electrons. The van der Waals surface area contributed by atoms with Crippen molar-refractivity contribution >= 4 is 29.0 Å². The molecule has 0 bridgehead atoms. The number of nitro benzene ring substituents is 1. The van der Waals surface area contributed by atoms with Crippen molar-refractivity contribution in [2.75, 3.05) is 36.4 Å². The molecule has 2 fully saturated rings. The Labute approximate surface area is 186 Å². The molecular formula is C23H27N5O4. The normalized spacial score (nSPS) is 18.5. The zero-order valence-electron chi connectivity index (χ0n) is 18.1. The van der Waals surface area contributed by atoms with Crippen LogP contribution in [0.1, 0.15) is 41.7 Å². The smallest absolute Gasteiger partial charge is 0.270 e. The summed E-state index contributed by atoms with van der Waals surface area (Å²) in [5.41, 5.74) is 1.77. The number of anilines is 2. The van der Waals surface area contributed by atoms with Crippen LogP contribution in [0.2, 0.25) is 0 Å². The lowest BCUT2D eigenvalue weighted by molar-refractivity contribution is -0.384. The van der Waals surface area contributed by atoms with E-state index in [0.29, 0.717) is 30.8 Å². The lowest BCUT2D eigenvalue weighted by Crippen LogP contribution is -2.44. The summed E-state index contributed by atoms with van der Waals surface area (Å²) in [7, 11) is 0. The highest BCUT2D eigenvalue weighted by molar-refractivity contribution is 6.01. The van der Waals surface area contributed by atoms with E-state index in [4.69, 9.17) is 0 Å². The molecule has 9 nitrogen and oxygen atoms in total. The van der Waals surface area contributed by atoms with E-state index in [1.54, 1.807) is 17.0 Å². The lowest BCUT2D eigenvalue weighted by atomic mass is 9.96. The Morgan fingerprint density at radius 3 is 2.62 bits per heavy atom. The van der Waals surface area contributed by atoms with Gasteiger partial charge in [-0.2, -0.15) is 0 Å². The maximum atomic E-state index is 13.5. The molecule has 2 saturated heterocycles. The summed E-state index contributed by atoms with van der Waals surface area (Å²) in [6.07, 6.45) is 3.43.